The van der Waals surface area contributed by atoms with E-state index in [4.69, 9.17) is 22.7 Å². The van der Waals surface area contributed by atoms with Crippen molar-refractivity contribution in [1.29, 1.82) is 5.41 Å². The van der Waals surface area contributed by atoms with Gasteiger partial charge in [-0.05, 0) is 36.8 Å². The highest BCUT2D eigenvalue weighted by Crippen LogP contribution is 2.48. The molecule has 1 aromatic carbocycles. The van der Waals surface area contributed by atoms with E-state index in [2.05, 4.69) is 20.9 Å². The fourth-order valence-electron chi connectivity index (χ4n) is 3.42. The standard InChI is InChI=1S/C23H26ClFN6O3/c1-23(6-7-23)9-16(22(34)30-10-13-3-2-4-15(24)19(13)25)31-18(32)12-29-17-11-28-8-5-14(17)20(26)21(27)33/h2-5,8,11,16,26,29H,6-7,9-10,12H2,1H3,(H2,27,33)(H,30,34)(H,31,32)/t16-/m0/s1. The Morgan fingerprint density at radius 2 is 2.03 bits per heavy atom. The van der Waals surface area contributed by atoms with Crippen LogP contribution in [0.15, 0.2) is 36.7 Å². The van der Waals surface area contributed by atoms with E-state index in [0.29, 0.717) is 6.42 Å². The Bertz CT molecular complexity index is 1120. The van der Waals surface area contributed by atoms with Crippen molar-refractivity contribution in [2.75, 3.05) is 11.9 Å². The second-order valence-electron chi connectivity index (χ2n) is 8.58. The lowest BCUT2D eigenvalue weighted by molar-refractivity contribution is -0.128. The number of hydrogen-bond acceptors (Lipinski definition) is 6. The first kappa shape index (κ1) is 25.1. The largest absolute Gasteiger partial charge is 0.374 e. The molecule has 1 heterocycles. The molecule has 9 nitrogen and oxygen atoms in total. The molecule has 11 heteroatoms. The molecule has 34 heavy (non-hydrogen) atoms. The minimum absolute atomic E-state index is 0.0349. The van der Waals surface area contributed by atoms with E-state index in [9.17, 15) is 18.8 Å². The first-order valence-corrected chi connectivity index (χ1v) is 11.0. The zero-order valence-electron chi connectivity index (χ0n) is 18.6. The summed E-state index contributed by atoms with van der Waals surface area (Å²) < 4.78 is 14.1. The van der Waals surface area contributed by atoms with Crippen LogP contribution in [0.4, 0.5) is 10.1 Å². The predicted molar refractivity (Wildman–Crippen MR) is 126 cm³/mol. The number of amides is 3. The van der Waals surface area contributed by atoms with Gasteiger partial charge in [0, 0.05) is 23.9 Å². The number of primary amides is 1. The normalized spacial score (nSPS) is 14.6. The minimum Gasteiger partial charge on any atom is -0.374 e. The van der Waals surface area contributed by atoms with Crippen LogP contribution in [0.25, 0.3) is 0 Å². The summed E-state index contributed by atoms with van der Waals surface area (Å²) in [6.45, 7) is 1.74. The Balaban J connectivity index is 1.63. The molecule has 1 aromatic heterocycles. The van der Waals surface area contributed by atoms with Crippen molar-refractivity contribution in [2.24, 2.45) is 11.1 Å². The van der Waals surface area contributed by atoms with Gasteiger partial charge in [0.2, 0.25) is 11.8 Å². The van der Waals surface area contributed by atoms with Gasteiger partial charge in [0.25, 0.3) is 5.91 Å². The third-order valence-corrected chi connectivity index (χ3v) is 6.00. The van der Waals surface area contributed by atoms with Crippen LogP contribution in [0.5, 0.6) is 0 Å². The number of nitrogens with two attached hydrogens (primary N) is 1. The van der Waals surface area contributed by atoms with Gasteiger partial charge in [-0.1, -0.05) is 30.7 Å². The molecule has 0 bridgehead atoms. The molecule has 180 valence electrons. The number of nitrogens with zero attached hydrogens (tertiary/aromatic N) is 1. The van der Waals surface area contributed by atoms with Crippen molar-refractivity contribution >= 4 is 40.7 Å². The maximum atomic E-state index is 14.1. The number of rotatable bonds is 11. The smallest absolute Gasteiger partial charge is 0.267 e. The van der Waals surface area contributed by atoms with Crippen LogP contribution >= 0.6 is 11.6 Å². The topological polar surface area (TPSA) is 150 Å². The predicted octanol–water partition coefficient (Wildman–Crippen LogP) is 2.13. The van der Waals surface area contributed by atoms with E-state index in [1.807, 2.05) is 6.92 Å². The van der Waals surface area contributed by atoms with Crippen LogP contribution in [-0.2, 0) is 20.9 Å². The molecule has 0 aliphatic heterocycles. The second kappa shape index (κ2) is 10.6. The number of hydrogen-bond donors (Lipinski definition) is 5. The molecule has 1 aliphatic rings. The summed E-state index contributed by atoms with van der Waals surface area (Å²) in [6.07, 6.45) is 5.10. The molecule has 1 atom stereocenters. The average molecular weight is 489 g/mol. The molecule has 0 saturated heterocycles. The first-order chi connectivity index (χ1) is 16.1. The number of nitrogens with one attached hydrogen (secondary N) is 4. The molecule has 1 saturated carbocycles. The molecule has 0 radical (unpaired) electrons. The van der Waals surface area contributed by atoms with Crippen molar-refractivity contribution in [1.82, 2.24) is 15.6 Å². The van der Waals surface area contributed by atoms with Crippen LogP contribution in [0.2, 0.25) is 5.02 Å². The van der Waals surface area contributed by atoms with Gasteiger partial charge in [0.05, 0.1) is 23.5 Å². The van der Waals surface area contributed by atoms with E-state index < -0.39 is 35.3 Å². The van der Waals surface area contributed by atoms with Gasteiger partial charge in [-0.25, -0.2) is 4.39 Å². The van der Waals surface area contributed by atoms with Crippen LogP contribution in [0, 0.1) is 16.6 Å². The average Bonchev–Trinajstić information content (AvgIpc) is 3.54. The van der Waals surface area contributed by atoms with Crippen molar-refractivity contribution in [3.63, 3.8) is 0 Å². The van der Waals surface area contributed by atoms with Gasteiger partial charge in [0.15, 0.2) is 0 Å². The number of anilines is 1. The Morgan fingerprint density at radius 3 is 2.71 bits per heavy atom. The van der Waals surface area contributed by atoms with E-state index in [-0.39, 0.29) is 40.3 Å². The van der Waals surface area contributed by atoms with Crippen LogP contribution in [0.1, 0.15) is 37.3 Å². The summed E-state index contributed by atoms with van der Waals surface area (Å²) in [4.78, 5) is 40.8. The van der Waals surface area contributed by atoms with Crippen molar-refractivity contribution < 1.29 is 18.8 Å². The minimum atomic E-state index is -0.913. The fourth-order valence-corrected chi connectivity index (χ4v) is 3.61. The Kier molecular flexibility index (Phi) is 7.83. The van der Waals surface area contributed by atoms with Gasteiger partial charge in [0.1, 0.15) is 17.6 Å². The lowest BCUT2D eigenvalue weighted by atomic mass is 9.98. The van der Waals surface area contributed by atoms with Gasteiger partial charge in [-0.2, -0.15) is 0 Å². The first-order valence-electron chi connectivity index (χ1n) is 10.7. The van der Waals surface area contributed by atoms with Crippen LogP contribution in [0.3, 0.4) is 0 Å². The van der Waals surface area contributed by atoms with Gasteiger partial charge >= 0.3 is 0 Å². The zero-order valence-corrected chi connectivity index (χ0v) is 19.3. The van der Waals surface area contributed by atoms with Gasteiger partial charge in [-0.15, -0.1) is 0 Å². The maximum Gasteiger partial charge on any atom is 0.267 e. The summed E-state index contributed by atoms with van der Waals surface area (Å²) >= 11 is 5.79. The quantitative estimate of drug-likeness (QED) is 0.307. The highest BCUT2D eigenvalue weighted by atomic mass is 35.5. The molecule has 1 aliphatic carbocycles. The number of pyridine rings is 1. The number of aromatic nitrogens is 1. The van der Waals surface area contributed by atoms with Gasteiger partial charge < -0.3 is 21.7 Å². The highest BCUT2D eigenvalue weighted by molar-refractivity contribution is 6.44. The molecule has 3 amide bonds. The summed E-state index contributed by atoms with van der Waals surface area (Å²) in [5, 5.41) is 16.0. The highest BCUT2D eigenvalue weighted by Gasteiger charge is 2.41. The molecule has 1 fully saturated rings. The summed E-state index contributed by atoms with van der Waals surface area (Å²) in [5.74, 6) is -2.42. The van der Waals surface area contributed by atoms with Crippen molar-refractivity contribution in [2.45, 2.75) is 38.8 Å². The second-order valence-corrected chi connectivity index (χ2v) is 8.99. The Morgan fingerprint density at radius 1 is 1.29 bits per heavy atom. The van der Waals surface area contributed by atoms with Crippen molar-refractivity contribution in [3.8, 4) is 0 Å². The Hall–Kier alpha value is -3.53. The summed E-state index contributed by atoms with van der Waals surface area (Å²) in [6, 6.07) is 5.16. The molecule has 0 spiro atoms. The van der Waals surface area contributed by atoms with Crippen LogP contribution < -0.4 is 21.7 Å². The SMILES string of the molecule is CC1(C[C@H](NC(=O)CNc2cnccc2C(=N)C(N)=O)C(=O)NCc2cccc(Cl)c2F)CC1. The number of carbonyl (C=O) groups is 3. The van der Waals surface area contributed by atoms with E-state index in [1.54, 1.807) is 6.07 Å². The monoisotopic (exact) mass is 488 g/mol. The Labute approximate surface area is 201 Å². The molecule has 3 rings (SSSR count). The van der Waals surface area contributed by atoms with E-state index >= 15 is 0 Å². The lowest BCUT2D eigenvalue weighted by Gasteiger charge is -2.22. The molecule has 0 unspecified atom stereocenters. The molecule has 6 N–H and O–H groups in total. The molecule has 2 aromatic rings. The molecular formula is C23H26ClFN6O3. The third-order valence-electron chi connectivity index (χ3n) is 5.71. The number of carbonyl (C=O) groups excluding carboxylic acids is 3. The summed E-state index contributed by atoms with van der Waals surface area (Å²) in [7, 11) is 0. The van der Waals surface area contributed by atoms with E-state index in [0.717, 1.165) is 12.8 Å². The number of benzene rings is 1. The van der Waals surface area contributed by atoms with Gasteiger partial charge in [-0.3, -0.25) is 24.8 Å². The van der Waals surface area contributed by atoms with E-state index in [1.165, 1.54) is 30.6 Å². The van der Waals surface area contributed by atoms with Crippen LogP contribution in [-0.4, -0.2) is 41.0 Å². The maximum absolute atomic E-state index is 14.1. The lowest BCUT2D eigenvalue weighted by Crippen LogP contribution is -2.49. The number of halogens is 2. The van der Waals surface area contributed by atoms with Crippen molar-refractivity contribution in [3.05, 3.63) is 58.6 Å². The fraction of sp³-hybridized carbons (Fsp3) is 0.348. The zero-order chi connectivity index (χ0) is 24.9. The summed E-state index contributed by atoms with van der Waals surface area (Å²) in [5.41, 5.74) is 5.45. The third kappa shape index (κ3) is 6.50. The molecular weight excluding hydrogens is 463 g/mol.